The van der Waals surface area contributed by atoms with E-state index in [4.69, 9.17) is 4.74 Å². The highest BCUT2D eigenvalue weighted by Gasteiger charge is 2.47. The van der Waals surface area contributed by atoms with Crippen LogP contribution in [0.1, 0.15) is 40.4 Å². The minimum Gasteiger partial charge on any atom is -0.374 e. The Kier molecular flexibility index (Phi) is 6.60. The molecule has 8 heteroatoms. The highest BCUT2D eigenvalue weighted by atomic mass is 16.5. The summed E-state index contributed by atoms with van der Waals surface area (Å²) in [6, 6.07) is 16.9. The van der Waals surface area contributed by atoms with Gasteiger partial charge in [0, 0.05) is 37.8 Å². The molecular formula is C26H30N4O4. The van der Waals surface area contributed by atoms with Gasteiger partial charge in [-0.1, -0.05) is 48.5 Å². The second kappa shape index (κ2) is 9.95. The highest BCUT2D eigenvalue weighted by Crippen LogP contribution is 2.41. The molecule has 1 aliphatic carbocycles. The topological polar surface area (TPSA) is 91.0 Å². The first-order chi connectivity index (χ1) is 16.6. The van der Waals surface area contributed by atoms with Crippen molar-refractivity contribution in [2.24, 2.45) is 0 Å². The molecule has 2 heterocycles. The third-order valence-corrected chi connectivity index (χ3v) is 6.61. The summed E-state index contributed by atoms with van der Waals surface area (Å²) in [5.74, 6) is -0.687. The van der Waals surface area contributed by atoms with Gasteiger partial charge in [0.2, 0.25) is 11.8 Å². The summed E-state index contributed by atoms with van der Waals surface area (Å²) in [5.41, 5.74) is 2.54. The lowest BCUT2D eigenvalue weighted by molar-refractivity contribution is -0.129. The van der Waals surface area contributed by atoms with Crippen LogP contribution >= 0.6 is 0 Å². The summed E-state index contributed by atoms with van der Waals surface area (Å²) in [6.07, 6.45) is 1.72. The number of morpholine rings is 1. The van der Waals surface area contributed by atoms with E-state index in [2.05, 4.69) is 27.7 Å². The van der Waals surface area contributed by atoms with Gasteiger partial charge in [0.1, 0.15) is 6.04 Å². The zero-order chi connectivity index (χ0) is 23.5. The lowest BCUT2D eigenvalue weighted by Gasteiger charge is -2.33. The summed E-state index contributed by atoms with van der Waals surface area (Å²) in [6.45, 7) is 3.32. The van der Waals surface area contributed by atoms with Crippen molar-refractivity contribution in [1.29, 1.82) is 0 Å². The molecule has 8 nitrogen and oxygen atoms in total. The predicted octanol–water partition coefficient (Wildman–Crippen LogP) is 1.48. The van der Waals surface area contributed by atoms with E-state index >= 15 is 0 Å². The zero-order valence-corrected chi connectivity index (χ0v) is 19.1. The van der Waals surface area contributed by atoms with Crippen LogP contribution in [0.4, 0.5) is 0 Å². The normalized spacial score (nSPS) is 22.4. The fourth-order valence-electron chi connectivity index (χ4n) is 4.78. The number of carbonyl (C=O) groups is 3. The second-order valence-electron chi connectivity index (χ2n) is 9.17. The van der Waals surface area contributed by atoms with E-state index in [1.165, 1.54) is 5.56 Å². The van der Waals surface area contributed by atoms with Gasteiger partial charge in [0.05, 0.1) is 19.3 Å². The lowest BCUT2D eigenvalue weighted by atomic mass is 10.0. The molecule has 34 heavy (non-hydrogen) atoms. The van der Waals surface area contributed by atoms with Crippen LogP contribution in [-0.2, 0) is 20.9 Å². The van der Waals surface area contributed by atoms with Gasteiger partial charge in [0.15, 0.2) is 0 Å². The molecule has 2 unspecified atom stereocenters. The van der Waals surface area contributed by atoms with Crippen LogP contribution in [0, 0.1) is 0 Å². The minimum atomic E-state index is -0.669. The van der Waals surface area contributed by atoms with E-state index in [1.807, 2.05) is 36.4 Å². The largest absolute Gasteiger partial charge is 0.374 e. The van der Waals surface area contributed by atoms with E-state index in [9.17, 15) is 14.4 Å². The van der Waals surface area contributed by atoms with Crippen LogP contribution in [0.2, 0.25) is 0 Å². The quantitative estimate of drug-likeness (QED) is 0.620. The number of fused-ring (bicyclic) bond motifs is 1. The second-order valence-corrected chi connectivity index (χ2v) is 9.17. The van der Waals surface area contributed by atoms with Gasteiger partial charge in [-0.25, -0.2) is 0 Å². The van der Waals surface area contributed by atoms with Crippen molar-refractivity contribution < 1.29 is 19.1 Å². The van der Waals surface area contributed by atoms with Crippen LogP contribution in [0.25, 0.3) is 0 Å². The molecular weight excluding hydrogens is 432 g/mol. The van der Waals surface area contributed by atoms with Crippen LogP contribution in [0.3, 0.4) is 0 Å². The molecule has 2 aliphatic heterocycles. The van der Waals surface area contributed by atoms with E-state index in [0.29, 0.717) is 24.3 Å². The Morgan fingerprint density at radius 3 is 2.56 bits per heavy atom. The zero-order valence-electron chi connectivity index (χ0n) is 19.1. The van der Waals surface area contributed by atoms with E-state index in [-0.39, 0.29) is 36.4 Å². The summed E-state index contributed by atoms with van der Waals surface area (Å²) in [5, 5.41) is 5.60. The van der Waals surface area contributed by atoms with Gasteiger partial charge in [-0.15, -0.1) is 0 Å². The van der Waals surface area contributed by atoms with Crippen molar-refractivity contribution in [1.82, 2.24) is 20.4 Å². The summed E-state index contributed by atoms with van der Waals surface area (Å²) in [7, 11) is 0. The summed E-state index contributed by atoms with van der Waals surface area (Å²) < 4.78 is 5.81. The maximum Gasteiger partial charge on any atom is 0.255 e. The Morgan fingerprint density at radius 2 is 1.76 bits per heavy atom. The van der Waals surface area contributed by atoms with Gasteiger partial charge in [-0.3, -0.25) is 19.3 Å². The number of ether oxygens (including phenoxy) is 1. The van der Waals surface area contributed by atoms with Gasteiger partial charge in [0.25, 0.3) is 5.91 Å². The van der Waals surface area contributed by atoms with Crippen molar-refractivity contribution in [2.75, 3.05) is 32.8 Å². The van der Waals surface area contributed by atoms with Crippen molar-refractivity contribution in [3.8, 4) is 0 Å². The number of nitrogens with one attached hydrogen (secondary N) is 2. The third-order valence-electron chi connectivity index (χ3n) is 6.61. The van der Waals surface area contributed by atoms with Gasteiger partial charge in [-0.05, 0) is 30.0 Å². The Morgan fingerprint density at radius 1 is 1.00 bits per heavy atom. The van der Waals surface area contributed by atoms with Crippen molar-refractivity contribution in [3.63, 3.8) is 0 Å². The lowest BCUT2D eigenvalue weighted by Crippen LogP contribution is -2.49. The molecule has 1 saturated heterocycles. The van der Waals surface area contributed by atoms with E-state index in [0.717, 1.165) is 32.5 Å². The number of amides is 3. The average molecular weight is 463 g/mol. The van der Waals surface area contributed by atoms with Crippen LogP contribution in [0.15, 0.2) is 54.6 Å². The number of hydrogen-bond acceptors (Lipinski definition) is 5. The third kappa shape index (κ3) is 4.98. The number of benzene rings is 2. The van der Waals surface area contributed by atoms with Crippen molar-refractivity contribution in [2.45, 2.75) is 37.6 Å². The molecule has 0 aromatic heterocycles. The molecule has 0 radical (unpaired) electrons. The van der Waals surface area contributed by atoms with Crippen LogP contribution in [-0.4, -0.2) is 72.5 Å². The number of rotatable bonds is 8. The van der Waals surface area contributed by atoms with E-state index in [1.54, 1.807) is 11.0 Å². The molecule has 2 fully saturated rings. The van der Waals surface area contributed by atoms with E-state index < -0.39 is 6.04 Å². The maximum atomic E-state index is 13.0. The monoisotopic (exact) mass is 462 g/mol. The fraction of sp³-hybridized carbons (Fsp3) is 0.423. The molecule has 3 aliphatic rings. The molecule has 0 spiro atoms. The Hall–Kier alpha value is -3.23. The van der Waals surface area contributed by atoms with Gasteiger partial charge < -0.3 is 20.3 Å². The first kappa shape index (κ1) is 22.6. The molecule has 0 bridgehead atoms. The first-order valence-corrected chi connectivity index (χ1v) is 11.9. The SMILES string of the molecule is O=C(CNC(=O)C1c2ccccc2C(=O)N1C1CC1)NCC1CN(Cc2ccccc2)CCO1. The smallest absolute Gasteiger partial charge is 0.255 e. The minimum absolute atomic E-state index is 0.0956. The molecule has 2 aromatic carbocycles. The van der Waals surface area contributed by atoms with Crippen LogP contribution < -0.4 is 10.6 Å². The maximum absolute atomic E-state index is 13.0. The average Bonchev–Trinajstić information content (AvgIpc) is 3.66. The molecule has 2 N–H and O–H groups in total. The number of hydrogen-bond donors (Lipinski definition) is 2. The Labute approximate surface area is 199 Å². The summed E-state index contributed by atoms with van der Waals surface area (Å²) in [4.78, 5) is 42.2. The number of carbonyl (C=O) groups excluding carboxylic acids is 3. The molecule has 3 amide bonds. The fourth-order valence-corrected chi connectivity index (χ4v) is 4.78. The van der Waals surface area contributed by atoms with Crippen molar-refractivity contribution >= 4 is 17.7 Å². The Bertz CT molecular complexity index is 1060. The summed E-state index contributed by atoms with van der Waals surface area (Å²) >= 11 is 0. The molecule has 1 saturated carbocycles. The number of nitrogens with zero attached hydrogens (tertiary/aromatic N) is 2. The van der Waals surface area contributed by atoms with Crippen molar-refractivity contribution in [3.05, 3.63) is 71.3 Å². The van der Waals surface area contributed by atoms with Gasteiger partial charge >= 0.3 is 0 Å². The first-order valence-electron chi connectivity index (χ1n) is 11.9. The standard InChI is InChI=1S/C26H30N4O4/c31-23(27-14-20-17-29(12-13-34-20)16-18-6-2-1-3-7-18)15-28-25(32)24-21-8-4-5-9-22(21)26(33)30(24)19-10-11-19/h1-9,19-20,24H,10-17H2,(H,27,31)(H,28,32). The van der Waals surface area contributed by atoms with Crippen LogP contribution in [0.5, 0.6) is 0 Å². The molecule has 178 valence electrons. The Balaban J connectivity index is 1.10. The molecule has 2 atom stereocenters. The van der Waals surface area contributed by atoms with Gasteiger partial charge in [-0.2, -0.15) is 0 Å². The molecule has 5 rings (SSSR count). The molecule has 2 aromatic rings. The highest BCUT2D eigenvalue weighted by molar-refractivity contribution is 6.05. The predicted molar refractivity (Wildman–Crippen MR) is 126 cm³/mol.